The van der Waals surface area contributed by atoms with Crippen molar-refractivity contribution >= 4 is 5.78 Å². The molecule has 1 aliphatic carbocycles. The molecule has 0 bridgehead atoms. The van der Waals surface area contributed by atoms with Crippen LogP contribution < -0.4 is 4.74 Å². The molecule has 2 atom stereocenters. The van der Waals surface area contributed by atoms with Crippen LogP contribution in [0.2, 0.25) is 0 Å². The molecule has 1 fully saturated rings. The first-order chi connectivity index (χ1) is 9.74. The summed E-state index contributed by atoms with van der Waals surface area (Å²) in [5.41, 5.74) is 2.73. The van der Waals surface area contributed by atoms with Crippen molar-refractivity contribution in [1.82, 2.24) is 4.90 Å². The number of fused-ring (bicyclic) bond motifs is 1. The molecule has 3 nitrogen and oxygen atoms in total. The quantitative estimate of drug-likeness (QED) is 0.783. The van der Waals surface area contributed by atoms with E-state index in [1.807, 2.05) is 0 Å². The minimum atomic E-state index is -0.0340. The Hall–Kier alpha value is -1.61. The first-order valence-corrected chi connectivity index (χ1v) is 7.38. The molecule has 0 unspecified atom stereocenters. The lowest BCUT2D eigenvalue weighted by atomic mass is 9.70. The van der Waals surface area contributed by atoms with E-state index in [-0.39, 0.29) is 11.3 Å². The van der Waals surface area contributed by atoms with Crippen molar-refractivity contribution in [2.45, 2.75) is 24.8 Å². The van der Waals surface area contributed by atoms with E-state index in [1.54, 1.807) is 13.2 Å². The van der Waals surface area contributed by atoms with Gasteiger partial charge in [0.15, 0.2) is 5.78 Å². The van der Waals surface area contributed by atoms with Gasteiger partial charge in [0.05, 0.1) is 12.6 Å². The lowest BCUT2D eigenvalue weighted by molar-refractivity contribution is -0.116. The standard InChI is InChI=1S/C17H19NO2/c1-20-15-2-3-16-12(10-15)5-8-18-9-6-13-11-14(19)4-7-17(13,16)18/h2-4,7,10,13H,5-6,8-9,11H2,1H3/t13-,17+/m1/s1. The van der Waals surface area contributed by atoms with E-state index in [4.69, 9.17) is 4.74 Å². The zero-order chi connectivity index (χ0) is 13.7. The van der Waals surface area contributed by atoms with Crippen molar-refractivity contribution < 1.29 is 9.53 Å². The van der Waals surface area contributed by atoms with Crippen molar-refractivity contribution in [2.24, 2.45) is 5.92 Å². The van der Waals surface area contributed by atoms with Gasteiger partial charge in [0.1, 0.15) is 5.75 Å². The topological polar surface area (TPSA) is 29.5 Å². The van der Waals surface area contributed by atoms with Gasteiger partial charge in [0.25, 0.3) is 0 Å². The van der Waals surface area contributed by atoms with E-state index < -0.39 is 0 Å². The molecular formula is C17H19NO2. The average molecular weight is 269 g/mol. The number of ketones is 1. The van der Waals surface area contributed by atoms with Crippen molar-refractivity contribution in [1.29, 1.82) is 0 Å². The molecule has 0 aromatic heterocycles. The second kappa shape index (κ2) is 4.19. The molecule has 20 heavy (non-hydrogen) atoms. The van der Waals surface area contributed by atoms with Gasteiger partial charge in [-0.1, -0.05) is 12.1 Å². The summed E-state index contributed by atoms with van der Waals surface area (Å²) in [4.78, 5) is 14.3. The maximum atomic E-state index is 11.8. The molecule has 1 aromatic carbocycles. The number of carbonyl (C=O) groups excluding carboxylic acids is 1. The van der Waals surface area contributed by atoms with Crippen LogP contribution in [0.25, 0.3) is 0 Å². The lowest BCUT2D eigenvalue weighted by Crippen LogP contribution is -2.49. The van der Waals surface area contributed by atoms with Crippen LogP contribution in [-0.2, 0) is 16.8 Å². The number of ether oxygens (including phenoxy) is 1. The second-order valence-corrected chi connectivity index (χ2v) is 6.07. The third kappa shape index (κ3) is 1.47. The summed E-state index contributed by atoms with van der Waals surface area (Å²) >= 11 is 0. The van der Waals surface area contributed by atoms with Crippen LogP contribution >= 0.6 is 0 Å². The van der Waals surface area contributed by atoms with E-state index in [2.05, 4.69) is 29.2 Å². The summed E-state index contributed by atoms with van der Waals surface area (Å²) in [6.07, 6.45) is 6.86. The van der Waals surface area contributed by atoms with Crippen molar-refractivity contribution in [3.05, 3.63) is 41.5 Å². The van der Waals surface area contributed by atoms with E-state index in [9.17, 15) is 4.79 Å². The molecule has 1 spiro atoms. The molecule has 0 amide bonds. The fourth-order valence-electron chi connectivity index (χ4n) is 4.33. The number of benzene rings is 1. The highest BCUT2D eigenvalue weighted by atomic mass is 16.5. The molecule has 2 heterocycles. The van der Waals surface area contributed by atoms with Crippen molar-refractivity contribution in [2.75, 3.05) is 20.2 Å². The number of allylic oxidation sites excluding steroid dienone is 1. The summed E-state index contributed by atoms with van der Waals surface area (Å²) < 4.78 is 5.36. The van der Waals surface area contributed by atoms with Crippen LogP contribution in [0.4, 0.5) is 0 Å². The predicted molar refractivity (Wildman–Crippen MR) is 76.8 cm³/mol. The van der Waals surface area contributed by atoms with E-state index in [0.29, 0.717) is 12.3 Å². The first-order valence-electron chi connectivity index (χ1n) is 7.38. The monoisotopic (exact) mass is 269 g/mol. The highest BCUT2D eigenvalue weighted by Crippen LogP contribution is 2.51. The Balaban J connectivity index is 1.90. The van der Waals surface area contributed by atoms with E-state index >= 15 is 0 Å². The molecule has 104 valence electrons. The number of rotatable bonds is 1. The Bertz CT molecular complexity index is 607. The van der Waals surface area contributed by atoms with Gasteiger partial charge in [0.2, 0.25) is 0 Å². The Labute approximate surface area is 119 Å². The van der Waals surface area contributed by atoms with E-state index in [0.717, 1.165) is 31.7 Å². The number of carbonyl (C=O) groups is 1. The molecule has 0 N–H and O–H groups in total. The number of nitrogens with zero attached hydrogens (tertiary/aromatic N) is 1. The fourth-order valence-corrected chi connectivity index (χ4v) is 4.33. The molecule has 1 saturated heterocycles. The fraction of sp³-hybridized carbons (Fsp3) is 0.471. The second-order valence-electron chi connectivity index (χ2n) is 6.07. The summed E-state index contributed by atoms with van der Waals surface area (Å²) in [5, 5.41) is 0. The van der Waals surface area contributed by atoms with Gasteiger partial charge in [0, 0.05) is 13.0 Å². The largest absolute Gasteiger partial charge is 0.497 e. The molecule has 3 heteroatoms. The number of methoxy groups -OCH3 is 1. The number of hydrogen-bond donors (Lipinski definition) is 0. The van der Waals surface area contributed by atoms with Gasteiger partial charge >= 0.3 is 0 Å². The van der Waals surface area contributed by atoms with Crippen LogP contribution in [0.1, 0.15) is 24.0 Å². The van der Waals surface area contributed by atoms with Crippen molar-refractivity contribution in [3.8, 4) is 5.75 Å². The molecule has 0 saturated carbocycles. The van der Waals surface area contributed by atoms with Crippen LogP contribution in [0.5, 0.6) is 5.75 Å². The summed E-state index contributed by atoms with van der Waals surface area (Å²) in [7, 11) is 1.71. The molecule has 4 rings (SSSR count). The lowest BCUT2D eigenvalue weighted by Gasteiger charge is -2.46. The van der Waals surface area contributed by atoms with Crippen LogP contribution in [0, 0.1) is 5.92 Å². The minimum absolute atomic E-state index is 0.0340. The molecular weight excluding hydrogens is 250 g/mol. The van der Waals surface area contributed by atoms with E-state index in [1.165, 1.54) is 11.1 Å². The third-order valence-electron chi connectivity index (χ3n) is 5.26. The predicted octanol–water partition coefficient (Wildman–Crippen LogP) is 2.30. The first kappa shape index (κ1) is 12.2. The van der Waals surface area contributed by atoms with Gasteiger partial charge < -0.3 is 4.74 Å². The van der Waals surface area contributed by atoms with Crippen LogP contribution in [0.15, 0.2) is 30.4 Å². The van der Waals surface area contributed by atoms with Gasteiger partial charge in [-0.15, -0.1) is 0 Å². The Morgan fingerprint density at radius 1 is 1.35 bits per heavy atom. The summed E-state index contributed by atoms with van der Waals surface area (Å²) in [5.74, 6) is 1.65. The molecule has 1 aromatic rings. The van der Waals surface area contributed by atoms with Gasteiger partial charge in [-0.25, -0.2) is 0 Å². The summed E-state index contributed by atoms with van der Waals surface area (Å²) in [6, 6.07) is 6.43. The van der Waals surface area contributed by atoms with Crippen LogP contribution in [-0.4, -0.2) is 30.9 Å². The zero-order valence-corrected chi connectivity index (χ0v) is 11.8. The van der Waals surface area contributed by atoms with Gasteiger partial charge in [-0.2, -0.15) is 0 Å². The molecule has 2 aliphatic heterocycles. The maximum Gasteiger partial charge on any atom is 0.155 e. The summed E-state index contributed by atoms with van der Waals surface area (Å²) in [6.45, 7) is 2.18. The van der Waals surface area contributed by atoms with Gasteiger partial charge in [-0.3, -0.25) is 9.69 Å². The highest BCUT2D eigenvalue weighted by molar-refractivity contribution is 5.91. The Morgan fingerprint density at radius 3 is 3.10 bits per heavy atom. The molecule has 3 aliphatic rings. The van der Waals surface area contributed by atoms with Crippen molar-refractivity contribution in [3.63, 3.8) is 0 Å². The highest BCUT2D eigenvalue weighted by Gasteiger charge is 2.52. The van der Waals surface area contributed by atoms with Crippen LogP contribution in [0.3, 0.4) is 0 Å². The third-order valence-corrected chi connectivity index (χ3v) is 5.26. The normalized spacial score (nSPS) is 31.6. The molecule has 0 radical (unpaired) electrons. The van der Waals surface area contributed by atoms with Gasteiger partial charge in [-0.05, 0) is 54.6 Å². The zero-order valence-electron chi connectivity index (χ0n) is 11.8. The number of hydrogen-bond acceptors (Lipinski definition) is 3. The Morgan fingerprint density at radius 2 is 2.25 bits per heavy atom. The average Bonchev–Trinajstić information content (AvgIpc) is 2.85. The minimum Gasteiger partial charge on any atom is -0.497 e. The maximum absolute atomic E-state index is 11.8. The SMILES string of the molecule is COc1ccc2c(c1)CCN1CC[C@@H]3CC(=O)C=C[C@@]231. The Kier molecular flexibility index (Phi) is 2.55. The smallest absolute Gasteiger partial charge is 0.155 e.